The SMILES string of the molecule is CC(C)C1(C)C=CC2=C(C=C1)Oc1ccccc1O2. The molecule has 1 aliphatic carbocycles. The summed E-state index contributed by atoms with van der Waals surface area (Å²) >= 11 is 0. The third-order valence-corrected chi connectivity index (χ3v) is 3.96. The number of hydrogen-bond donors (Lipinski definition) is 0. The topological polar surface area (TPSA) is 18.5 Å². The van der Waals surface area contributed by atoms with Crippen LogP contribution in [0.25, 0.3) is 0 Å². The molecule has 3 rings (SSSR count). The van der Waals surface area contributed by atoms with Crippen LogP contribution in [0.3, 0.4) is 0 Å². The maximum Gasteiger partial charge on any atom is 0.170 e. The van der Waals surface area contributed by atoms with Crippen molar-refractivity contribution in [2.45, 2.75) is 20.8 Å². The van der Waals surface area contributed by atoms with Crippen molar-refractivity contribution < 1.29 is 9.47 Å². The van der Waals surface area contributed by atoms with Gasteiger partial charge in [0.1, 0.15) is 0 Å². The van der Waals surface area contributed by atoms with Crippen molar-refractivity contribution in [2.24, 2.45) is 11.3 Å². The molecular weight excluding hydrogens is 236 g/mol. The van der Waals surface area contributed by atoms with Crippen LogP contribution in [0.15, 0.2) is 60.1 Å². The van der Waals surface area contributed by atoms with Gasteiger partial charge in [0.05, 0.1) is 0 Å². The van der Waals surface area contributed by atoms with E-state index < -0.39 is 0 Å². The third kappa shape index (κ3) is 2.07. The Kier molecular flexibility index (Phi) is 2.74. The molecule has 0 aromatic heterocycles. The highest BCUT2D eigenvalue weighted by Crippen LogP contribution is 2.39. The Morgan fingerprint density at radius 3 is 1.79 bits per heavy atom. The highest BCUT2D eigenvalue weighted by atomic mass is 16.6. The lowest BCUT2D eigenvalue weighted by Gasteiger charge is -2.26. The molecule has 0 radical (unpaired) electrons. The van der Waals surface area contributed by atoms with E-state index in [0.717, 1.165) is 23.0 Å². The van der Waals surface area contributed by atoms with Crippen molar-refractivity contribution in [1.29, 1.82) is 0 Å². The molecule has 0 unspecified atom stereocenters. The van der Waals surface area contributed by atoms with Gasteiger partial charge in [-0.05, 0) is 30.2 Å². The summed E-state index contributed by atoms with van der Waals surface area (Å²) in [5.41, 5.74) is 0.0241. The van der Waals surface area contributed by atoms with Gasteiger partial charge in [-0.1, -0.05) is 45.1 Å². The zero-order valence-electron chi connectivity index (χ0n) is 11.5. The maximum atomic E-state index is 5.91. The van der Waals surface area contributed by atoms with Crippen LogP contribution in [0.4, 0.5) is 0 Å². The molecule has 0 amide bonds. The molecule has 1 aromatic carbocycles. The average Bonchev–Trinajstić information content (AvgIpc) is 2.57. The fourth-order valence-corrected chi connectivity index (χ4v) is 2.14. The van der Waals surface area contributed by atoms with E-state index in [1.54, 1.807) is 0 Å². The van der Waals surface area contributed by atoms with Crippen LogP contribution in [-0.2, 0) is 0 Å². The molecule has 0 fully saturated rings. The molecule has 1 aliphatic heterocycles. The fraction of sp³-hybridized carbons (Fsp3) is 0.294. The number of para-hydroxylation sites is 2. The second-order valence-corrected chi connectivity index (χ2v) is 5.57. The molecule has 0 saturated carbocycles. The van der Waals surface area contributed by atoms with Crippen molar-refractivity contribution in [3.63, 3.8) is 0 Å². The van der Waals surface area contributed by atoms with Crippen LogP contribution in [0.5, 0.6) is 11.5 Å². The van der Waals surface area contributed by atoms with E-state index in [1.165, 1.54) is 0 Å². The minimum absolute atomic E-state index is 0.0241. The number of allylic oxidation sites excluding steroid dienone is 4. The largest absolute Gasteiger partial charge is 0.450 e. The van der Waals surface area contributed by atoms with Crippen molar-refractivity contribution in [1.82, 2.24) is 0 Å². The van der Waals surface area contributed by atoms with Gasteiger partial charge in [0.2, 0.25) is 0 Å². The summed E-state index contributed by atoms with van der Waals surface area (Å²) in [7, 11) is 0. The number of rotatable bonds is 1. The first-order valence-electron chi connectivity index (χ1n) is 6.66. The van der Waals surface area contributed by atoms with Crippen LogP contribution in [0, 0.1) is 11.3 Å². The van der Waals surface area contributed by atoms with Crippen molar-refractivity contribution in [3.8, 4) is 11.5 Å². The first-order valence-corrected chi connectivity index (χ1v) is 6.66. The molecule has 0 bridgehead atoms. The summed E-state index contributed by atoms with van der Waals surface area (Å²) in [6.45, 7) is 6.65. The average molecular weight is 254 g/mol. The molecule has 2 heteroatoms. The second-order valence-electron chi connectivity index (χ2n) is 5.57. The third-order valence-electron chi connectivity index (χ3n) is 3.96. The van der Waals surface area contributed by atoms with Crippen LogP contribution in [0.2, 0.25) is 0 Å². The molecule has 98 valence electrons. The Morgan fingerprint density at radius 2 is 1.37 bits per heavy atom. The van der Waals surface area contributed by atoms with Gasteiger partial charge in [0.25, 0.3) is 0 Å². The fourth-order valence-electron chi connectivity index (χ4n) is 2.14. The Labute approximate surface area is 114 Å². The predicted octanol–water partition coefficient (Wildman–Crippen LogP) is 4.46. The van der Waals surface area contributed by atoms with E-state index in [0.29, 0.717) is 5.92 Å². The smallest absolute Gasteiger partial charge is 0.170 e. The van der Waals surface area contributed by atoms with Crippen LogP contribution in [-0.4, -0.2) is 0 Å². The molecule has 0 atom stereocenters. The van der Waals surface area contributed by atoms with Gasteiger partial charge in [-0.25, -0.2) is 0 Å². The molecular formula is C17H18O2. The lowest BCUT2D eigenvalue weighted by atomic mass is 9.79. The van der Waals surface area contributed by atoms with E-state index in [9.17, 15) is 0 Å². The normalized spacial score (nSPS) is 19.4. The summed E-state index contributed by atoms with van der Waals surface area (Å²) in [6, 6.07) is 7.73. The Morgan fingerprint density at radius 1 is 0.895 bits per heavy atom. The van der Waals surface area contributed by atoms with Gasteiger partial charge in [-0.15, -0.1) is 0 Å². The lowest BCUT2D eigenvalue weighted by Crippen LogP contribution is -2.17. The molecule has 1 heterocycles. The first-order chi connectivity index (χ1) is 9.08. The number of hydrogen-bond acceptors (Lipinski definition) is 2. The van der Waals surface area contributed by atoms with Gasteiger partial charge >= 0.3 is 0 Å². The molecule has 0 saturated heterocycles. The number of fused-ring (bicyclic) bond motifs is 1. The van der Waals surface area contributed by atoms with Crippen LogP contribution < -0.4 is 9.47 Å². The Hall–Kier alpha value is -1.96. The van der Waals surface area contributed by atoms with E-state index in [1.807, 2.05) is 36.4 Å². The quantitative estimate of drug-likeness (QED) is 0.736. The van der Waals surface area contributed by atoms with Gasteiger partial charge < -0.3 is 9.47 Å². The van der Waals surface area contributed by atoms with Gasteiger partial charge in [0, 0.05) is 5.41 Å². The van der Waals surface area contributed by atoms with Gasteiger partial charge in [-0.2, -0.15) is 0 Å². The second kappa shape index (κ2) is 4.30. The van der Waals surface area contributed by atoms with Gasteiger partial charge in [-0.3, -0.25) is 0 Å². The number of benzene rings is 1. The molecule has 0 N–H and O–H groups in total. The predicted molar refractivity (Wildman–Crippen MR) is 75.9 cm³/mol. The summed E-state index contributed by atoms with van der Waals surface area (Å²) < 4.78 is 11.8. The monoisotopic (exact) mass is 254 g/mol. The van der Waals surface area contributed by atoms with E-state index >= 15 is 0 Å². The minimum atomic E-state index is 0.0241. The highest BCUT2D eigenvalue weighted by Gasteiger charge is 2.27. The molecule has 1 aromatic rings. The van der Waals surface area contributed by atoms with Crippen molar-refractivity contribution in [2.75, 3.05) is 0 Å². The summed E-state index contributed by atoms with van der Waals surface area (Å²) in [5.74, 6) is 3.61. The zero-order valence-corrected chi connectivity index (χ0v) is 11.5. The summed E-state index contributed by atoms with van der Waals surface area (Å²) in [5, 5.41) is 0. The Balaban J connectivity index is 1.97. The molecule has 0 spiro atoms. The summed E-state index contributed by atoms with van der Waals surface area (Å²) in [4.78, 5) is 0. The molecule has 19 heavy (non-hydrogen) atoms. The first kappa shape index (κ1) is 12.1. The zero-order chi connectivity index (χ0) is 13.5. The van der Waals surface area contributed by atoms with E-state index in [2.05, 4.69) is 32.9 Å². The maximum absolute atomic E-state index is 5.91. The van der Waals surface area contributed by atoms with E-state index in [-0.39, 0.29) is 5.41 Å². The standard InChI is InChI=1S/C17H18O2/c1-12(2)17(3)10-8-15-16(9-11-17)19-14-7-5-4-6-13(14)18-15/h4-12H,1-3H3. The number of ether oxygens (including phenoxy) is 2. The summed E-state index contributed by atoms with van der Waals surface area (Å²) in [6.07, 6.45) is 8.41. The Bertz CT molecular complexity index is 546. The van der Waals surface area contributed by atoms with Crippen LogP contribution >= 0.6 is 0 Å². The highest BCUT2D eigenvalue weighted by molar-refractivity contribution is 5.48. The van der Waals surface area contributed by atoms with E-state index in [4.69, 9.17) is 9.47 Å². The van der Waals surface area contributed by atoms with Gasteiger partial charge in [0.15, 0.2) is 23.0 Å². The molecule has 2 nitrogen and oxygen atoms in total. The van der Waals surface area contributed by atoms with Crippen molar-refractivity contribution in [3.05, 3.63) is 60.1 Å². The van der Waals surface area contributed by atoms with Crippen LogP contribution in [0.1, 0.15) is 20.8 Å². The lowest BCUT2D eigenvalue weighted by molar-refractivity contribution is 0.316. The minimum Gasteiger partial charge on any atom is -0.450 e. The molecule has 2 aliphatic rings. The van der Waals surface area contributed by atoms with Crippen molar-refractivity contribution >= 4 is 0 Å².